The largest absolute Gasteiger partial charge is 0.297 e. The van der Waals surface area contributed by atoms with E-state index < -0.39 is 0 Å². The van der Waals surface area contributed by atoms with Crippen LogP contribution in [-0.4, -0.2) is 20.5 Å². The van der Waals surface area contributed by atoms with Crippen LogP contribution in [0.1, 0.15) is 20.2 Å². The van der Waals surface area contributed by atoms with E-state index in [2.05, 4.69) is 19.9 Å². The summed E-state index contributed by atoms with van der Waals surface area (Å²) in [7, 11) is 0. The van der Waals surface area contributed by atoms with Gasteiger partial charge in [-0.3, -0.25) is 10.1 Å². The summed E-state index contributed by atoms with van der Waals surface area (Å²) in [4.78, 5) is 16.5. The van der Waals surface area contributed by atoms with Crippen LogP contribution in [0.3, 0.4) is 0 Å². The molecule has 2 rings (SSSR count). The van der Waals surface area contributed by atoms with Gasteiger partial charge in [0.15, 0.2) is 5.13 Å². The molecule has 16 heavy (non-hydrogen) atoms. The van der Waals surface area contributed by atoms with E-state index in [0.29, 0.717) is 20.6 Å². The van der Waals surface area contributed by atoms with Gasteiger partial charge in [-0.25, -0.2) is 4.98 Å². The van der Waals surface area contributed by atoms with Gasteiger partial charge in [0.05, 0.1) is 11.9 Å². The molecule has 8 heteroatoms. The third-order valence-corrected chi connectivity index (χ3v) is 3.34. The Hall–Kier alpha value is -1.85. The van der Waals surface area contributed by atoms with Crippen molar-refractivity contribution in [3.63, 3.8) is 0 Å². The summed E-state index contributed by atoms with van der Waals surface area (Å²) < 4.78 is 3.67. The number of nitrogens with one attached hydrogen (secondary N) is 1. The van der Waals surface area contributed by atoms with Crippen LogP contribution in [0.15, 0.2) is 6.20 Å². The summed E-state index contributed by atoms with van der Waals surface area (Å²) in [6, 6.07) is 1.95. The van der Waals surface area contributed by atoms with Crippen LogP contribution < -0.4 is 5.32 Å². The van der Waals surface area contributed by atoms with Crippen molar-refractivity contribution in [2.24, 2.45) is 0 Å². The number of thiazole rings is 1. The lowest BCUT2D eigenvalue weighted by molar-refractivity contribution is 0.103. The molecule has 0 bridgehead atoms. The van der Waals surface area contributed by atoms with Crippen LogP contribution in [-0.2, 0) is 0 Å². The first kappa shape index (κ1) is 10.7. The molecular formula is C8H5N5OS2. The third-order valence-electron chi connectivity index (χ3n) is 1.69. The maximum absolute atomic E-state index is 11.7. The van der Waals surface area contributed by atoms with Gasteiger partial charge in [0.2, 0.25) is 0 Å². The molecule has 0 saturated carbocycles. The molecule has 0 unspecified atom stereocenters. The molecule has 0 aliphatic heterocycles. The standard InChI is InChI=1S/C8H5N5OS2/c1-4-6(16-13-12-4)7(14)11-8-10-3-5(2-9)15-8/h3H,1H3,(H,10,11,14). The van der Waals surface area contributed by atoms with Crippen molar-refractivity contribution >= 4 is 33.9 Å². The fraction of sp³-hybridized carbons (Fsp3) is 0.125. The summed E-state index contributed by atoms with van der Waals surface area (Å²) in [6.07, 6.45) is 1.41. The van der Waals surface area contributed by atoms with Crippen LogP contribution in [0.4, 0.5) is 5.13 Å². The molecule has 1 N–H and O–H groups in total. The lowest BCUT2D eigenvalue weighted by Crippen LogP contribution is -2.11. The van der Waals surface area contributed by atoms with Crippen LogP contribution in [0.5, 0.6) is 0 Å². The SMILES string of the molecule is Cc1nnsc1C(=O)Nc1ncc(C#N)s1. The topological polar surface area (TPSA) is 91.6 Å². The smallest absolute Gasteiger partial charge is 0.271 e. The summed E-state index contributed by atoms with van der Waals surface area (Å²) >= 11 is 2.15. The van der Waals surface area contributed by atoms with Crippen molar-refractivity contribution in [3.05, 3.63) is 21.6 Å². The number of carbonyl (C=O) groups excluding carboxylic acids is 1. The van der Waals surface area contributed by atoms with E-state index in [0.717, 1.165) is 22.9 Å². The minimum Gasteiger partial charge on any atom is -0.297 e. The van der Waals surface area contributed by atoms with Gasteiger partial charge in [-0.1, -0.05) is 15.8 Å². The highest BCUT2D eigenvalue weighted by Gasteiger charge is 2.14. The van der Waals surface area contributed by atoms with Crippen LogP contribution in [0, 0.1) is 18.3 Å². The molecule has 0 aliphatic rings. The number of aryl methyl sites for hydroxylation is 1. The average molecular weight is 251 g/mol. The number of nitrogens with zero attached hydrogens (tertiary/aromatic N) is 4. The number of amides is 1. The highest BCUT2D eigenvalue weighted by molar-refractivity contribution is 7.16. The van der Waals surface area contributed by atoms with Crippen molar-refractivity contribution in [3.8, 4) is 6.07 Å². The number of hydrogen-bond donors (Lipinski definition) is 1. The van der Waals surface area contributed by atoms with Gasteiger partial charge in [-0.2, -0.15) is 5.26 Å². The quantitative estimate of drug-likeness (QED) is 0.871. The highest BCUT2D eigenvalue weighted by Crippen LogP contribution is 2.19. The first-order valence-electron chi connectivity index (χ1n) is 4.17. The molecule has 0 fully saturated rings. The molecule has 1 amide bonds. The first-order chi connectivity index (χ1) is 7.70. The Balaban J connectivity index is 2.14. The molecule has 0 aliphatic carbocycles. The number of carbonyl (C=O) groups is 1. The average Bonchev–Trinajstić information content (AvgIpc) is 2.86. The van der Waals surface area contributed by atoms with Gasteiger partial charge in [0.1, 0.15) is 15.8 Å². The molecule has 2 aromatic heterocycles. The van der Waals surface area contributed by atoms with Crippen LogP contribution in [0.2, 0.25) is 0 Å². The first-order valence-corrected chi connectivity index (χ1v) is 5.76. The molecule has 0 spiro atoms. The molecule has 0 aromatic carbocycles. The predicted octanol–water partition coefficient (Wildman–Crippen LogP) is 1.43. The number of anilines is 1. The van der Waals surface area contributed by atoms with Gasteiger partial charge >= 0.3 is 0 Å². The van der Waals surface area contributed by atoms with E-state index in [1.54, 1.807) is 6.92 Å². The zero-order valence-corrected chi connectivity index (χ0v) is 9.72. The Morgan fingerprint density at radius 2 is 2.44 bits per heavy atom. The Morgan fingerprint density at radius 3 is 3.00 bits per heavy atom. The molecule has 0 saturated heterocycles. The minimum atomic E-state index is -0.300. The van der Waals surface area contributed by atoms with E-state index in [-0.39, 0.29) is 5.91 Å². The van der Waals surface area contributed by atoms with E-state index in [4.69, 9.17) is 5.26 Å². The lowest BCUT2D eigenvalue weighted by Gasteiger charge is -1.97. The Morgan fingerprint density at radius 1 is 1.62 bits per heavy atom. The van der Waals surface area contributed by atoms with Crippen LogP contribution >= 0.6 is 22.9 Å². The third kappa shape index (κ3) is 2.05. The zero-order valence-electron chi connectivity index (χ0n) is 8.09. The zero-order chi connectivity index (χ0) is 11.5. The van der Waals surface area contributed by atoms with Crippen molar-refractivity contribution in [2.45, 2.75) is 6.92 Å². The fourth-order valence-corrected chi connectivity index (χ4v) is 2.14. The Labute approximate surface area is 98.7 Å². The maximum Gasteiger partial charge on any atom is 0.271 e. The summed E-state index contributed by atoms with van der Waals surface area (Å²) in [5.74, 6) is -0.300. The number of aromatic nitrogens is 3. The normalized spacial score (nSPS) is 9.75. The molecule has 6 nitrogen and oxygen atoms in total. The predicted molar refractivity (Wildman–Crippen MR) is 59.4 cm³/mol. The van der Waals surface area contributed by atoms with Gasteiger partial charge in [-0.15, -0.1) is 5.10 Å². The second kappa shape index (κ2) is 4.34. The molecule has 2 heterocycles. The van der Waals surface area contributed by atoms with Crippen molar-refractivity contribution < 1.29 is 4.79 Å². The highest BCUT2D eigenvalue weighted by atomic mass is 32.1. The second-order valence-electron chi connectivity index (χ2n) is 2.78. The van der Waals surface area contributed by atoms with E-state index in [1.165, 1.54) is 6.20 Å². The summed E-state index contributed by atoms with van der Waals surface area (Å²) in [5.41, 5.74) is 0.583. The van der Waals surface area contributed by atoms with Crippen molar-refractivity contribution in [1.82, 2.24) is 14.6 Å². The molecule has 2 aromatic rings. The van der Waals surface area contributed by atoms with Gasteiger partial charge in [0.25, 0.3) is 5.91 Å². The monoisotopic (exact) mass is 251 g/mol. The van der Waals surface area contributed by atoms with E-state index in [9.17, 15) is 4.79 Å². The van der Waals surface area contributed by atoms with Gasteiger partial charge in [0, 0.05) is 0 Å². The molecule has 80 valence electrons. The summed E-state index contributed by atoms with van der Waals surface area (Å²) in [6.45, 7) is 1.71. The molecular weight excluding hydrogens is 246 g/mol. The molecule has 0 atom stereocenters. The second-order valence-corrected chi connectivity index (χ2v) is 4.57. The molecule has 0 radical (unpaired) electrons. The lowest BCUT2D eigenvalue weighted by atomic mass is 10.4. The van der Waals surface area contributed by atoms with Crippen molar-refractivity contribution in [1.29, 1.82) is 5.26 Å². The minimum absolute atomic E-state index is 0.300. The van der Waals surface area contributed by atoms with E-state index >= 15 is 0 Å². The maximum atomic E-state index is 11.7. The van der Waals surface area contributed by atoms with Gasteiger partial charge in [-0.05, 0) is 18.5 Å². The van der Waals surface area contributed by atoms with Crippen LogP contribution in [0.25, 0.3) is 0 Å². The Bertz CT molecular complexity index is 567. The van der Waals surface area contributed by atoms with E-state index in [1.807, 2.05) is 6.07 Å². The van der Waals surface area contributed by atoms with Crippen molar-refractivity contribution in [2.75, 3.05) is 5.32 Å². The number of nitriles is 1. The fourth-order valence-electron chi connectivity index (χ4n) is 0.977. The summed E-state index contributed by atoms with van der Waals surface area (Å²) in [5, 5.41) is 15.3. The van der Waals surface area contributed by atoms with Gasteiger partial charge < -0.3 is 0 Å². The number of hydrogen-bond acceptors (Lipinski definition) is 7. The number of rotatable bonds is 2. The Kier molecular flexibility index (Phi) is 2.89.